The van der Waals surface area contributed by atoms with Gasteiger partial charge in [0.1, 0.15) is 0 Å². The normalized spacial score (nSPS) is 13.3. The van der Waals surface area contributed by atoms with E-state index in [1.54, 1.807) is 0 Å². The molecule has 0 saturated carbocycles. The highest BCUT2D eigenvalue weighted by Gasteiger charge is 2.16. The van der Waals surface area contributed by atoms with E-state index in [1.807, 2.05) is 13.8 Å². The zero-order valence-electron chi connectivity index (χ0n) is 13.9. The summed E-state index contributed by atoms with van der Waals surface area (Å²) in [5.41, 5.74) is 0.360. The number of esters is 1. The van der Waals surface area contributed by atoms with Crippen molar-refractivity contribution in [1.82, 2.24) is 0 Å². The maximum atomic E-state index is 11.5. The van der Waals surface area contributed by atoms with E-state index in [1.165, 1.54) is 0 Å². The van der Waals surface area contributed by atoms with Crippen molar-refractivity contribution in [1.29, 1.82) is 0 Å². The lowest BCUT2D eigenvalue weighted by atomic mass is 9.83. The summed E-state index contributed by atoms with van der Waals surface area (Å²) in [7, 11) is 0. The van der Waals surface area contributed by atoms with Crippen LogP contribution in [-0.2, 0) is 9.53 Å². The maximum Gasteiger partial charge on any atom is 0.305 e. The first-order valence-electron chi connectivity index (χ1n) is 7.38. The van der Waals surface area contributed by atoms with Gasteiger partial charge in [0, 0.05) is 6.42 Å². The molecule has 0 aliphatic carbocycles. The molecule has 0 aliphatic heterocycles. The van der Waals surface area contributed by atoms with Crippen molar-refractivity contribution in [3.63, 3.8) is 0 Å². The van der Waals surface area contributed by atoms with Gasteiger partial charge >= 0.3 is 5.97 Å². The van der Waals surface area contributed by atoms with Crippen molar-refractivity contribution < 1.29 is 9.53 Å². The Morgan fingerprint density at radius 2 is 1.68 bits per heavy atom. The Morgan fingerprint density at radius 3 is 2.16 bits per heavy atom. The van der Waals surface area contributed by atoms with Crippen LogP contribution >= 0.6 is 0 Å². The molecular formula is C17H32O2. The molecule has 0 atom stereocenters. The first kappa shape index (κ1) is 18.2. The van der Waals surface area contributed by atoms with Gasteiger partial charge in [0.05, 0.1) is 6.61 Å². The summed E-state index contributed by atoms with van der Waals surface area (Å²) < 4.78 is 5.18. The molecule has 0 aliphatic rings. The van der Waals surface area contributed by atoms with E-state index in [-0.39, 0.29) is 16.8 Å². The summed E-state index contributed by atoms with van der Waals surface area (Å²) in [6.07, 6.45) is 6.95. The van der Waals surface area contributed by atoms with E-state index in [2.05, 4.69) is 46.8 Å². The molecule has 0 N–H and O–H groups in total. The minimum atomic E-state index is -0.0655. The minimum absolute atomic E-state index is 0.0655. The zero-order chi connectivity index (χ0) is 15.1. The van der Waals surface area contributed by atoms with E-state index in [0.29, 0.717) is 18.9 Å². The number of rotatable bonds is 7. The zero-order valence-corrected chi connectivity index (χ0v) is 13.9. The van der Waals surface area contributed by atoms with Crippen LogP contribution in [0.1, 0.15) is 67.7 Å². The average molecular weight is 268 g/mol. The quantitative estimate of drug-likeness (QED) is 0.480. The second-order valence-electron chi connectivity index (χ2n) is 7.62. The molecule has 2 nitrogen and oxygen atoms in total. The van der Waals surface area contributed by atoms with Crippen LogP contribution in [0.15, 0.2) is 12.2 Å². The van der Waals surface area contributed by atoms with E-state index >= 15 is 0 Å². The second-order valence-corrected chi connectivity index (χ2v) is 7.62. The molecule has 112 valence electrons. The van der Waals surface area contributed by atoms with Gasteiger partial charge in [-0.05, 0) is 29.6 Å². The summed E-state index contributed by atoms with van der Waals surface area (Å²) >= 11 is 0. The van der Waals surface area contributed by atoms with Gasteiger partial charge in [0.2, 0.25) is 0 Å². The van der Waals surface area contributed by atoms with Crippen LogP contribution in [-0.4, -0.2) is 12.6 Å². The molecule has 0 rings (SSSR count). The van der Waals surface area contributed by atoms with E-state index < -0.39 is 0 Å². The molecule has 0 unspecified atom stereocenters. The number of carbonyl (C=O) groups excluding carboxylic acids is 1. The highest BCUT2D eigenvalue weighted by molar-refractivity contribution is 5.69. The Morgan fingerprint density at radius 1 is 1.11 bits per heavy atom. The summed E-state index contributed by atoms with van der Waals surface area (Å²) in [6, 6.07) is 0. The fraction of sp³-hybridized carbons (Fsp3) is 0.824. The number of allylic oxidation sites excluding steroid dienone is 2. The summed E-state index contributed by atoms with van der Waals surface area (Å²) in [6.45, 7) is 15.7. The summed E-state index contributed by atoms with van der Waals surface area (Å²) in [5.74, 6) is 0.347. The van der Waals surface area contributed by atoms with Crippen LogP contribution in [0.25, 0.3) is 0 Å². The van der Waals surface area contributed by atoms with Gasteiger partial charge in [0.25, 0.3) is 0 Å². The van der Waals surface area contributed by atoms with Crippen LogP contribution in [0.4, 0.5) is 0 Å². The number of hydrogen-bond acceptors (Lipinski definition) is 2. The standard InChI is InChI=1S/C17H32O2/c1-14(2)13-19-15(18)9-8-10-17(6,7)12-11-16(3,4)5/h11-12,14H,8-10,13H2,1-7H3/b12-11-. The molecule has 0 bridgehead atoms. The molecule has 0 aromatic rings. The Balaban J connectivity index is 3.99. The molecule has 0 aromatic heterocycles. The van der Waals surface area contributed by atoms with Crippen molar-refractivity contribution in [2.24, 2.45) is 16.7 Å². The Bertz CT molecular complexity index is 293. The molecule has 0 saturated heterocycles. The van der Waals surface area contributed by atoms with Crippen molar-refractivity contribution in [2.45, 2.75) is 67.7 Å². The minimum Gasteiger partial charge on any atom is -0.465 e. The first-order chi connectivity index (χ1) is 8.52. The lowest BCUT2D eigenvalue weighted by Crippen LogP contribution is -2.13. The first-order valence-corrected chi connectivity index (χ1v) is 7.38. The summed E-state index contributed by atoms with van der Waals surface area (Å²) in [4.78, 5) is 11.5. The number of ether oxygens (including phenoxy) is 1. The molecule has 0 fully saturated rings. The van der Waals surface area contributed by atoms with Gasteiger partial charge in [-0.25, -0.2) is 0 Å². The van der Waals surface area contributed by atoms with E-state index in [9.17, 15) is 4.79 Å². The highest BCUT2D eigenvalue weighted by Crippen LogP contribution is 2.28. The van der Waals surface area contributed by atoms with Crippen molar-refractivity contribution >= 4 is 5.97 Å². The molecule has 0 heterocycles. The number of carbonyl (C=O) groups is 1. The predicted molar refractivity (Wildman–Crippen MR) is 82.0 cm³/mol. The lowest BCUT2D eigenvalue weighted by Gasteiger charge is -2.22. The van der Waals surface area contributed by atoms with Crippen molar-refractivity contribution in [3.05, 3.63) is 12.2 Å². The fourth-order valence-electron chi connectivity index (χ4n) is 1.58. The third-order valence-corrected chi connectivity index (χ3v) is 2.81. The van der Waals surface area contributed by atoms with Gasteiger partial charge < -0.3 is 4.74 Å². The third-order valence-electron chi connectivity index (χ3n) is 2.81. The van der Waals surface area contributed by atoms with E-state index in [0.717, 1.165) is 12.8 Å². The highest BCUT2D eigenvalue weighted by atomic mass is 16.5. The van der Waals surface area contributed by atoms with Crippen LogP contribution in [0.3, 0.4) is 0 Å². The van der Waals surface area contributed by atoms with Crippen LogP contribution < -0.4 is 0 Å². The van der Waals surface area contributed by atoms with Crippen LogP contribution in [0.2, 0.25) is 0 Å². The SMILES string of the molecule is CC(C)COC(=O)CCCC(C)(C)/C=C\C(C)(C)C. The second kappa shape index (κ2) is 7.72. The van der Waals surface area contributed by atoms with Gasteiger partial charge in [-0.3, -0.25) is 4.79 Å². The molecule has 0 spiro atoms. The fourth-order valence-corrected chi connectivity index (χ4v) is 1.58. The van der Waals surface area contributed by atoms with E-state index in [4.69, 9.17) is 4.74 Å². The Kier molecular flexibility index (Phi) is 7.39. The van der Waals surface area contributed by atoms with Gasteiger partial charge in [-0.1, -0.05) is 60.6 Å². The van der Waals surface area contributed by atoms with Crippen LogP contribution in [0, 0.1) is 16.7 Å². The lowest BCUT2D eigenvalue weighted by molar-refractivity contribution is -0.144. The Labute approximate surface area is 119 Å². The van der Waals surface area contributed by atoms with Crippen LogP contribution in [0.5, 0.6) is 0 Å². The van der Waals surface area contributed by atoms with Crippen molar-refractivity contribution in [3.8, 4) is 0 Å². The molecule has 0 amide bonds. The monoisotopic (exact) mass is 268 g/mol. The molecule has 2 heteroatoms. The summed E-state index contributed by atoms with van der Waals surface area (Å²) in [5, 5.41) is 0. The molecule has 0 aromatic carbocycles. The molecule has 19 heavy (non-hydrogen) atoms. The van der Waals surface area contributed by atoms with Gasteiger partial charge in [-0.2, -0.15) is 0 Å². The Hall–Kier alpha value is -0.790. The number of hydrogen-bond donors (Lipinski definition) is 0. The molecule has 0 radical (unpaired) electrons. The molecular weight excluding hydrogens is 236 g/mol. The van der Waals surface area contributed by atoms with Gasteiger partial charge in [-0.15, -0.1) is 0 Å². The predicted octanol–water partition coefficient (Wildman–Crippen LogP) is 4.98. The van der Waals surface area contributed by atoms with Gasteiger partial charge in [0.15, 0.2) is 0 Å². The third kappa shape index (κ3) is 12.0. The maximum absolute atomic E-state index is 11.5. The smallest absolute Gasteiger partial charge is 0.305 e. The van der Waals surface area contributed by atoms with Crippen molar-refractivity contribution in [2.75, 3.05) is 6.61 Å². The average Bonchev–Trinajstić information content (AvgIpc) is 2.23. The topological polar surface area (TPSA) is 26.3 Å². The largest absolute Gasteiger partial charge is 0.465 e.